The molecule has 1 aliphatic rings. The number of piperazine rings is 1. The van der Waals surface area contributed by atoms with Crippen LogP contribution in [0.25, 0.3) is 0 Å². The van der Waals surface area contributed by atoms with E-state index < -0.39 is 0 Å². The fourth-order valence-corrected chi connectivity index (χ4v) is 2.58. The molecule has 0 saturated carbocycles. The van der Waals surface area contributed by atoms with Gasteiger partial charge in [0.2, 0.25) is 5.95 Å². The largest absolute Gasteiger partial charge is 0.369 e. The van der Waals surface area contributed by atoms with Gasteiger partial charge in [0.15, 0.2) is 5.15 Å². The van der Waals surface area contributed by atoms with Gasteiger partial charge in [-0.3, -0.25) is 0 Å². The second-order valence-electron chi connectivity index (χ2n) is 5.29. The number of nitrogens with one attached hydrogen (secondary N) is 1. The molecule has 1 aromatic carbocycles. The van der Waals surface area contributed by atoms with Crippen LogP contribution in [0.15, 0.2) is 30.5 Å². The molecule has 7 heteroatoms. The highest BCUT2D eigenvalue weighted by molar-refractivity contribution is 6.41. The Morgan fingerprint density at radius 1 is 1.05 bits per heavy atom. The third-order valence-corrected chi connectivity index (χ3v) is 4.35. The SMILES string of the molecule is CN1CCN(c2ccc(Nc3ncc(Cl)c(Cl)n3)cc2)CC1. The zero-order valence-corrected chi connectivity index (χ0v) is 13.8. The molecule has 1 N–H and O–H groups in total. The van der Waals surface area contributed by atoms with E-state index in [0.717, 1.165) is 31.9 Å². The van der Waals surface area contributed by atoms with E-state index in [2.05, 4.69) is 44.3 Å². The second kappa shape index (κ2) is 6.69. The molecule has 1 saturated heterocycles. The normalized spacial score (nSPS) is 15.9. The minimum Gasteiger partial charge on any atom is -0.369 e. The van der Waals surface area contributed by atoms with Crippen molar-refractivity contribution in [3.05, 3.63) is 40.6 Å². The lowest BCUT2D eigenvalue weighted by molar-refractivity contribution is 0.313. The van der Waals surface area contributed by atoms with Gasteiger partial charge in [-0.15, -0.1) is 0 Å². The number of halogens is 2. The van der Waals surface area contributed by atoms with Crippen molar-refractivity contribution in [2.75, 3.05) is 43.4 Å². The Morgan fingerprint density at radius 2 is 1.73 bits per heavy atom. The lowest BCUT2D eigenvalue weighted by Gasteiger charge is -2.34. The van der Waals surface area contributed by atoms with Crippen molar-refractivity contribution in [2.24, 2.45) is 0 Å². The van der Waals surface area contributed by atoms with Gasteiger partial charge in [0.1, 0.15) is 0 Å². The Labute approximate surface area is 139 Å². The maximum Gasteiger partial charge on any atom is 0.228 e. The molecule has 1 aromatic heterocycles. The highest BCUT2D eigenvalue weighted by Gasteiger charge is 2.14. The maximum absolute atomic E-state index is 5.88. The number of aromatic nitrogens is 2. The van der Waals surface area contributed by atoms with Gasteiger partial charge in [0, 0.05) is 37.6 Å². The molecule has 2 aromatic rings. The lowest BCUT2D eigenvalue weighted by Crippen LogP contribution is -2.44. The highest BCUT2D eigenvalue weighted by atomic mass is 35.5. The van der Waals surface area contributed by atoms with Gasteiger partial charge in [-0.2, -0.15) is 4.98 Å². The molecule has 0 radical (unpaired) electrons. The van der Waals surface area contributed by atoms with E-state index in [1.165, 1.54) is 11.9 Å². The van der Waals surface area contributed by atoms with E-state index in [-0.39, 0.29) is 5.15 Å². The van der Waals surface area contributed by atoms with Crippen molar-refractivity contribution in [3.8, 4) is 0 Å². The first-order chi connectivity index (χ1) is 10.6. The van der Waals surface area contributed by atoms with E-state index in [1.54, 1.807) is 0 Å². The molecule has 3 rings (SSSR count). The number of likely N-dealkylation sites (N-methyl/N-ethyl adjacent to an activating group) is 1. The van der Waals surface area contributed by atoms with Gasteiger partial charge in [0.25, 0.3) is 0 Å². The summed E-state index contributed by atoms with van der Waals surface area (Å²) in [6.07, 6.45) is 1.48. The molecule has 22 heavy (non-hydrogen) atoms. The number of rotatable bonds is 3. The Hall–Kier alpha value is -1.56. The van der Waals surface area contributed by atoms with E-state index in [9.17, 15) is 0 Å². The van der Waals surface area contributed by atoms with Crippen LogP contribution in [0.2, 0.25) is 10.2 Å². The molecule has 0 unspecified atom stereocenters. The van der Waals surface area contributed by atoms with E-state index in [0.29, 0.717) is 11.0 Å². The van der Waals surface area contributed by atoms with Crippen LogP contribution in [0.5, 0.6) is 0 Å². The molecule has 0 aliphatic carbocycles. The van der Waals surface area contributed by atoms with Crippen molar-refractivity contribution in [2.45, 2.75) is 0 Å². The van der Waals surface area contributed by atoms with E-state index >= 15 is 0 Å². The zero-order valence-electron chi connectivity index (χ0n) is 12.3. The third-order valence-electron chi connectivity index (χ3n) is 3.69. The molecular formula is C15H17Cl2N5. The minimum absolute atomic E-state index is 0.244. The van der Waals surface area contributed by atoms with Gasteiger partial charge < -0.3 is 15.1 Å². The fraction of sp³-hybridized carbons (Fsp3) is 0.333. The van der Waals surface area contributed by atoms with Crippen molar-refractivity contribution in [3.63, 3.8) is 0 Å². The first-order valence-electron chi connectivity index (χ1n) is 7.10. The van der Waals surface area contributed by atoms with Crippen molar-refractivity contribution >= 4 is 40.5 Å². The number of hydrogen-bond acceptors (Lipinski definition) is 5. The summed E-state index contributed by atoms with van der Waals surface area (Å²) in [5.41, 5.74) is 2.14. The topological polar surface area (TPSA) is 44.3 Å². The molecule has 2 heterocycles. The first kappa shape index (κ1) is 15.3. The van der Waals surface area contributed by atoms with Gasteiger partial charge in [-0.05, 0) is 31.3 Å². The molecule has 1 fully saturated rings. The standard InChI is InChI=1S/C15H17Cl2N5/c1-21-6-8-22(9-7-21)12-4-2-11(3-5-12)19-15-18-10-13(16)14(17)20-15/h2-5,10H,6-9H2,1H3,(H,18,19,20). The summed E-state index contributed by atoms with van der Waals surface area (Å²) in [6.45, 7) is 4.30. The summed E-state index contributed by atoms with van der Waals surface area (Å²) >= 11 is 11.7. The number of benzene rings is 1. The summed E-state index contributed by atoms with van der Waals surface area (Å²) in [5.74, 6) is 0.432. The van der Waals surface area contributed by atoms with E-state index in [1.807, 2.05) is 12.1 Å². The monoisotopic (exact) mass is 337 g/mol. The molecule has 0 amide bonds. The number of anilines is 3. The molecular weight excluding hydrogens is 321 g/mol. The Bertz CT molecular complexity index is 639. The van der Waals surface area contributed by atoms with Gasteiger partial charge in [0.05, 0.1) is 11.2 Å². The van der Waals surface area contributed by atoms with Crippen LogP contribution >= 0.6 is 23.2 Å². The average molecular weight is 338 g/mol. The van der Waals surface area contributed by atoms with Crippen LogP contribution < -0.4 is 10.2 Å². The van der Waals surface area contributed by atoms with Crippen LogP contribution in [0, 0.1) is 0 Å². The third kappa shape index (κ3) is 3.61. The molecule has 0 spiro atoms. The molecule has 1 aliphatic heterocycles. The van der Waals surface area contributed by atoms with E-state index in [4.69, 9.17) is 23.2 Å². The van der Waals surface area contributed by atoms with Crippen molar-refractivity contribution in [1.82, 2.24) is 14.9 Å². The summed E-state index contributed by atoms with van der Waals surface area (Å²) in [5, 5.41) is 3.71. The van der Waals surface area contributed by atoms with Crippen molar-refractivity contribution in [1.29, 1.82) is 0 Å². The smallest absolute Gasteiger partial charge is 0.228 e. The van der Waals surface area contributed by atoms with Crippen LogP contribution in [0.4, 0.5) is 17.3 Å². The minimum atomic E-state index is 0.244. The Morgan fingerprint density at radius 3 is 2.36 bits per heavy atom. The summed E-state index contributed by atoms with van der Waals surface area (Å²) in [7, 11) is 2.15. The molecule has 116 valence electrons. The predicted molar refractivity (Wildman–Crippen MR) is 91.5 cm³/mol. The summed E-state index contributed by atoms with van der Waals surface area (Å²) in [4.78, 5) is 12.9. The summed E-state index contributed by atoms with van der Waals surface area (Å²) in [6, 6.07) is 8.23. The Balaban J connectivity index is 1.67. The lowest BCUT2D eigenvalue weighted by atomic mass is 10.2. The Kier molecular flexibility index (Phi) is 4.66. The van der Waals surface area contributed by atoms with Gasteiger partial charge >= 0.3 is 0 Å². The number of hydrogen-bond donors (Lipinski definition) is 1. The van der Waals surface area contributed by atoms with Crippen LogP contribution in [0.1, 0.15) is 0 Å². The van der Waals surface area contributed by atoms with Crippen molar-refractivity contribution < 1.29 is 0 Å². The molecule has 0 atom stereocenters. The van der Waals surface area contributed by atoms with Gasteiger partial charge in [-0.1, -0.05) is 23.2 Å². The quantitative estimate of drug-likeness (QED) is 0.870. The maximum atomic E-state index is 5.88. The second-order valence-corrected chi connectivity index (χ2v) is 6.06. The summed E-state index contributed by atoms with van der Waals surface area (Å²) < 4.78 is 0. The predicted octanol–water partition coefficient (Wildman–Crippen LogP) is 3.28. The fourth-order valence-electron chi connectivity index (χ4n) is 2.36. The van der Waals surface area contributed by atoms with Crippen LogP contribution in [-0.4, -0.2) is 48.1 Å². The zero-order chi connectivity index (χ0) is 15.5. The first-order valence-corrected chi connectivity index (χ1v) is 7.86. The van der Waals surface area contributed by atoms with Gasteiger partial charge in [-0.25, -0.2) is 4.98 Å². The molecule has 0 bridgehead atoms. The number of nitrogens with zero attached hydrogens (tertiary/aromatic N) is 4. The van der Waals surface area contributed by atoms with Crippen LogP contribution in [-0.2, 0) is 0 Å². The average Bonchev–Trinajstić information content (AvgIpc) is 2.53. The highest BCUT2D eigenvalue weighted by Crippen LogP contribution is 2.23. The molecule has 5 nitrogen and oxygen atoms in total. The van der Waals surface area contributed by atoms with Crippen LogP contribution in [0.3, 0.4) is 0 Å².